The highest BCUT2D eigenvalue weighted by molar-refractivity contribution is 9.10. The van der Waals surface area contributed by atoms with E-state index in [-0.39, 0.29) is 12.4 Å². The minimum atomic E-state index is -0.851. The van der Waals surface area contributed by atoms with Gasteiger partial charge < -0.3 is 15.6 Å². The number of nitrogens with two attached hydrogens (primary N) is 1. The minimum Gasteiger partial charge on any atom is -0.496 e. The third-order valence-corrected chi connectivity index (χ3v) is 2.79. The average Bonchev–Trinajstić information content (AvgIpc) is 2.24. The van der Waals surface area contributed by atoms with Crippen molar-refractivity contribution >= 4 is 15.9 Å². The van der Waals surface area contributed by atoms with Crippen LogP contribution in [0.25, 0.3) is 0 Å². The van der Waals surface area contributed by atoms with Gasteiger partial charge in [-0.3, -0.25) is 0 Å². The minimum absolute atomic E-state index is 0.0634. The normalized spacial score (nSPS) is 12.7. The molecule has 5 heteroatoms. The summed E-state index contributed by atoms with van der Waals surface area (Å²) in [4.78, 5) is 0. The summed E-state index contributed by atoms with van der Waals surface area (Å²) in [6.07, 6.45) is -0.851. The standard InChI is InChI=1S/C10H13BrFNO2/c1-5-9(12)7(11)3-6(8(14)4-13)10(5)15-2/h3,8,14H,4,13H2,1-2H3. The highest BCUT2D eigenvalue weighted by Gasteiger charge is 2.18. The smallest absolute Gasteiger partial charge is 0.143 e. The lowest BCUT2D eigenvalue weighted by atomic mass is 10.0. The van der Waals surface area contributed by atoms with Crippen molar-refractivity contribution < 1.29 is 14.2 Å². The van der Waals surface area contributed by atoms with Gasteiger partial charge in [-0.2, -0.15) is 0 Å². The van der Waals surface area contributed by atoms with E-state index in [0.717, 1.165) is 0 Å². The van der Waals surface area contributed by atoms with E-state index >= 15 is 0 Å². The SMILES string of the molecule is COc1c(C(O)CN)cc(Br)c(F)c1C. The van der Waals surface area contributed by atoms with E-state index in [2.05, 4.69) is 15.9 Å². The lowest BCUT2D eigenvalue weighted by Crippen LogP contribution is -2.13. The number of ether oxygens (including phenoxy) is 1. The van der Waals surface area contributed by atoms with Crippen LogP contribution in [0.15, 0.2) is 10.5 Å². The molecular weight excluding hydrogens is 265 g/mol. The van der Waals surface area contributed by atoms with Gasteiger partial charge in [-0.15, -0.1) is 0 Å². The van der Waals surface area contributed by atoms with Crippen LogP contribution in [0, 0.1) is 12.7 Å². The molecule has 3 N–H and O–H groups in total. The summed E-state index contributed by atoms with van der Waals surface area (Å²) in [5.74, 6) is -0.0477. The number of hydrogen-bond donors (Lipinski definition) is 2. The second kappa shape index (κ2) is 4.92. The average molecular weight is 278 g/mol. The number of aliphatic hydroxyl groups excluding tert-OH is 1. The van der Waals surface area contributed by atoms with Gasteiger partial charge in [0.05, 0.1) is 17.7 Å². The van der Waals surface area contributed by atoms with Gasteiger partial charge in [0, 0.05) is 17.7 Å². The molecule has 0 bridgehead atoms. The topological polar surface area (TPSA) is 55.5 Å². The second-order valence-corrected chi connectivity index (χ2v) is 4.03. The maximum absolute atomic E-state index is 13.5. The molecule has 0 fully saturated rings. The van der Waals surface area contributed by atoms with E-state index in [1.165, 1.54) is 13.2 Å². The monoisotopic (exact) mass is 277 g/mol. The summed E-state index contributed by atoms with van der Waals surface area (Å²) in [6, 6.07) is 1.48. The Kier molecular flexibility index (Phi) is 4.07. The molecule has 0 heterocycles. The predicted molar refractivity (Wildman–Crippen MR) is 59.4 cm³/mol. The highest BCUT2D eigenvalue weighted by atomic mass is 79.9. The molecule has 0 aliphatic rings. The van der Waals surface area contributed by atoms with E-state index in [1.807, 2.05) is 0 Å². The molecule has 84 valence electrons. The van der Waals surface area contributed by atoms with Gasteiger partial charge in [0.25, 0.3) is 0 Å². The van der Waals surface area contributed by atoms with Crippen LogP contribution < -0.4 is 10.5 Å². The molecule has 1 aromatic rings. The Morgan fingerprint density at radius 3 is 2.73 bits per heavy atom. The number of halogens is 2. The van der Waals surface area contributed by atoms with E-state index in [4.69, 9.17) is 10.5 Å². The first-order chi connectivity index (χ1) is 7.02. The van der Waals surface area contributed by atoms with Crippen LogP contribution in [0.5, 0.6) is 5.75 Å². The molecule has 0 aliphatic carbocycles. The van der Waals surface area contributed by atoms with Crippen LogP contribution in [0.1, 0.15) is 17.2 Å². The molecule has 0 aromatic heterocycles. The van der Waals surface area contributed by atoms with E-state index in [0.29, 0.717) is 21.3 Å². The van der Waals surface area contributed by atoms with Crippen LogP contribution >= 0.6 is 15.9 Å². The van der Waals surface area contributed by atoms with Gasteiger partial charge in [-0.05, 0) is 28.9 Å². The van der Waals surface area contributed by atoms with Gasteiger partial charge in [-0.25, -0.2) is 4.39 Å². The van der Waals surface area contributed by atoms with Crippen molar-refractivity contribution in [3.63, 3.8) is 0 Å². The Labute approximate surface area is 96.2 Å². The Morgan fingerprint density at radius 2 is 2.27 bits per heavy atom. The first-order valence-corrected chi connectivity index (χ1v) is 5.22. The van der Waals surface area contributed by atoms with E-state index < -0.39 is 6.10 Å². The van der Waals surface area contributed by atoms with Gasteiger partial charge in [0.15, 0.2) is 0 Å². The largest absolute Gasteiger partial charge is 0.496 e. The number of rotatable bonds is 3. The zero-order chi connectivity index (χ0) is 11.6. The van der Waals surface area contributed by atoms with Crippen LogP contribution in [-0.4, -0.2) is 18.8 Å². The Morgan fingerprint density at radius 1 is 1.67 bits per heavy atom. The fourth-order valence-corrected chi connectivity index (χ4v) is 1.95. The molecule has 0 spiro atoms. The summed E-state index contributed by atoms with van der Waals surface area (Å²) >= 11 is 3.08. The molecule has 1 unspecified atom stereocenters. The van der Waals surface area contributed by atoms with Crippen molar-refractivity contribution in [2.24, 2.45) is 5.73 Å². The maximum atomic E-state index is 13.5. The number of methoxy groups -OCH3 is 1. The van der Waals surface area contributed by atoms with Gasteiger partial charge in [0.2, 0.25) is 0 Å². The first-order valence-electron chi connectivity index (χ1n) is 4.43. The van der Waals surface area contributed by atoms with Crippen molar-refractivity contribution in [1.82, 2.24) is 0 Å². The molecular formula is C10H13BrFNO2. The summed E-state index contributed by atoms with van der Waals surface area (Å²) < 4.78 is 18.8. The molecule has 1 rings (SSSR count). The quantitative estimate of drug-likeness (QED) is 0.887. The molecule has 3 nitrogen and oxygen atoms in total. The lowest BCUT2D eigenvalue weighted by molar-refractivity contribution is 0.181. The van der Waals surface area contributed by atoms with Crippen molar-refractivity contribution in [3.05, 3.63) is 27.5 Å². The molecule has 15 heavy (non-hydrogen) atoms. The second-order valence-electron chi connectivity index (χ2n) is 3.17. The summed E-state index contributed by atoms with van der Waals surface area (Å²) in [5, 5.41) is 9.63. The van der Waals surface area contributed by atoms with Crippen molar-refractivity contribution in [2.45, 2.75) is 13.0 Å². The molecule has 0 amide bonds. The molecule has 0 radical (unpaired) electrons. The maximum Gasteiger partial charge on any atom is 0.143 e. The predicted octanol–water partition coefficient (Wildman–Crippen LogP) is 1.90. The Hall–Kier alpha value is -0.650. The zero-order valence-electron chi connectivity index (χ0n) is 8.55. The summed E-state index contributed by atoms with van der Waals surface area (Å²) in [7, 11) is 1.43. The van der Waals surface area contributed by atoms with E-state index in [1.54, 1.807) is 6.92 Å². The van der Waals surface area contributed by atoms with Gasteiger partial charge in [-0.1, -0.05) is 0 Å². The van der Waals surface area contributed by atoms with Crippen LogP contribution in [0.4, 0.5) is 4.39 Å². The van der Waals surface area contributed by atoms with Crippen molar-refractivity contribution in [3.8, 4) is 5.75 Å². The molecule has 0 saturated carbocycles. The van der Waals surface area contributed by atoms with Crippen LogP contribution in [0.3, 0.4) is 0 Å². The first kappa shape index (κ1) is 12.4. The molecule has 0 saturated heterocycles. The summed E-state index contributed by atoms with van der Waals surface area (Å²) in [5.41, 5.74) is 6.20. The summed E-state index contributed by atoms with van der Waals surface area (Å²) in [6.45, 7) is 1.65. The van der Waals surface area contributed by atoms with E-state index in [9.17, 15) is 9.50 Å². The number of hydrogen-bond acceptors (Lipinski definition) is 3. The zero-order valence-corrected chi connectivity index (χ0v) is 10.1. The third kappa shape index (κ3) is 2.30. The number of aliphatic hydroxyl groups is 1. The lowest BCUT2D eigenvalue weighted by Gasteiger charge is -2.16. The van der Waals surface area contributed by atoms with Crippen LogP contribution in [-0.2, 0) is 0 Å². The fraction of sp³-hybridized carbons (Fsp3) is 0.400. The molecule has 1 atom stereocenters. The molecule has 1 aromatic carbocycles. The van der Waals surface area contributed by atoms with Gasteiger partial charge in [0.1, 0.15) is 11.6 Å². The van der Waals surface area contributed by atoms with Gasteiger partial charge >= 0.3 is 0 Å². The van der Waals surface area contributed by atoms with Crippen LogP contribution in [0.2, 0.25) is 0 Å². The Balaban J connectivity index is 3.38. The van der Waals surface area contributed by atoms with Crippen molar-refractivity contribution in [2.75, 3.05) is 13.7 Å². The highest BCUT2D eigenvalue weighted by Crippen LogP contribution is 2.34. The third-order valence-electron chi connectivity index (χ3n) is 2.21. The Bertz CT molecular complexity index is 371. The molecule has 0 aliphatic heterocycles. The van der Waals surface area contributed by atoms with Crippen molar-refractivity contribution in [1.29, 1.82) is 0 Å². The number of benzene rings is 1. The fourth-order valence-electron chi connectivity index (χ4n) is 1.41.